The summed E-state index contributed by atoms with van der Waals surface area (Å²) in [4.78, 5) is 0.305. The van der Waals surface area contributed by atoms with Crippen molar-refractivity contribution in [3.63, 3.8) is 0 Å². The summed E-state index contributed by atoms with van der Waals surface area (Å²) < 4.78 is 35.8. The highest BCUT2D eigenvalue weighted by atomic mass is 32.2. The van der Waals surface area contributed by atoms with Gasteiger partial charge in [0.2, 0.25) is 0 Å². The molecule has 1 fully saturated rings. The van der Waals surface area contributed by atoms with E-state index in [-0.39, 0.29) is 0 Å². The number of hydrogen-bond donors (Lipinski definition) is 0. The number of rotatable bonds is 4. The van der Waals surface area contributed by atoms with E-state index in [0.717, 1.165) is 0 Å². The van der Waals surface area contributed by atoms with Crippen molar-refractivity contribution < 1.29 is 17.9 Å². The summed E-state index contributed by atoms with van der Waals surface area (Å²) in [6.45, 7) is 3.68. The average molecular weight is 270 g/mol. The van der Waals surface area contributed by atoms with Crippen LogP contribution in [0.3, 0.4) is 0 Å². The van der Waals surface area contributed by atoms with Crippen molar-refractivity contribution in [2.75, 3.05) is 14.2 Å². The molecule has 0 saturated heterocycles. The lowest BCUT2D eigenvalue weighted by Crippen LogP contribution is -2.26. The quantitative estimate of drug-likeness (QED) is 0.784. The zero-order chi connectivity index (χ0) is 13.6. The lowest BCUT2D eigenvalue weighted by Gasteiger charge is -2.16. The predicted molar refractivity (Wildman–Crippen MR) is 67.9 cm³/mol. The van der Waals surface area contributed by atoms with Gasteiger partial charge in [0.1, 0.15) is 5.25 Å². The summed E-state index contributed by atoms with van der Waals surface area (Å²) in [6, 6.07) is 8.41. The fraction of sp³-hybridized carbons (Fsp3) is 0.538. The molecule has 0 heterocycles. The molecule has 2 rings (SSSR count). The molecule has 100 valence electrons. The third kappa shape index (κ3) is 1.54. The van der Waals surface area contributed by atoms with Crippen LogP contribution >= 0.6 is 0 Å². The van der Waals surface area contributed by atoms with E-state index < -0.39 is 26.3 Å². The van der Waals surface area contributed by atoms with Gasteiger partial charge in [-0.3, -0.25) is 0 Å². The SMILES string of the molecule is COC1(OC)C(S(=O)(=O)c2ccccc2)C1(C)C. The first-order valence-corrected chi connectivity index (χ1v) is 7.28. The number of sulfone groups is 1. The van der Waals surface area contributed by atoms with E-state index >= 15 is 0 Å². The third-order valence-electron chi connectivity index (χ3n) is 3.80. The number of hydrogen-bond acceptors (Lipinski definition) is 4. The Balaban J connectivity index is 2.46. The molecule has 0 amide bonds. The Labute approximate surface area is 108 Å². The fourth-order valence-electron chi connectivity index (χ4n) is 2.80. The lowest BCUT2D eigenvalue weighted by atomic mass is 10.2. The molecule has 0 N–H and O–H groups in total. The molecule has 0 bridgehead atoms. The van der Waals surface area contributed by atoms with Gasteiger partial charge in [-0.05, 0) is 12.1 Å². The van der Waals surface area contributed by atoms with Crippen molar-refractivity contribution in [2.24, 2.45) is 5.41 Å². The second-order valence-electron chi connectivity index (χ2n) is 5.04. The van der Waals surface area contributed by atoms with Gasteiger partial charge in [0.15, 0.2) is 15.6 Å². The summed E-state index contributed by atoms with van der Waals surface area (Å²) in [7, 11) is -0.499. The molecule has 0 radical (unpaired) electrons. The van der Waals surface area contributed by atoms with Crippen molar-refractivity contribution in [1.82, 2.24) is 0 Å². The Morgan fingerprint density at radius 2 is 1.56 bits per heavy atom. The maximum absolute atomic E-state index is 12.6. The molecular formula is C13H18O4S. The van der Waals surface area contributed by atoms with Crippen LogP contribution in [0.5, 0.6) is 0 Å². The second-order valence-corrected chi connectivity index (χ2v) is 7.07. The molecule has 0 aromatic heterocycles. The molecule has 4 nitrogen and oxygen atoms in total. The van der Waals surface area contributed by atoms with E-state index in [1.807, 2.05) is 13.8 Å². The summed E-state index contributed by atoms with van der Waals surface area (Å²) in [5.74, 6) is -1.05. The van der Waals surface area contributed by atoms with Gasteiger partial charge in [-0.15, -0.1) is 0 Å². The highest BCUT2D eigenvalue weighted by Crippen LogP contribution is 2.63. The van der Waals surface area contributed by atoms with E-state index in [4.69, 9.17) is 9.47 Å². The number of ether oxygens (including phenoxy) is 2. The molecule has 5 heteroatoms. The van der Waals surface area contributed by atoms with Gasteiger partial charge in [-0.1, -0.05) is 32.0 Å². The van der Waals surface area contributed by atoms with Crippen LogP contribution < -0.4 is 0 Å². The highest BCUT2D eigenvalue weighted by Gasteiger charge is 2.79. The van der Waals surface area contributed by atoms with E-state index in [0.29, 0.717) is 4.90 Å². The van der Waals surface area contributed by atoms with Gasteiger partial charge in [-0.25, -0.2) is 8.42 Å². The van der Waals surface area contributed by atoms with Gasteiger partial charge in [-0.2, -0.15) is 0 Å². The molecule has 1 aliphatic carbocycles. The average Bonchev–Trinajstić information content (AvgIpc) is 2.88. The molecule has 1 aromatic rings. The van der Waals surface area contributed by atoms with Crippen molar-refractivity contribution in [3.05, 3.63) is 30.3 Å². The van der Waals surface area contributed by atoms with Crippen LogP contribution in [0.1, 0.15) is 13.8 Å². The maximum Gasteiger partial charge on any atom is 0.192 e. The fourth-order valence-corrected chi connectivity index (χ4v) is 5.39. The van der Waals surface area contributed by atoms with Crippen LogP contribution in [0.4, 0.5) is 0 Å². The minimum atomic E-state index is -3.46. The molecule has 1 saturated carbocycles. The van der Waals surface area contributed by atoms with Crippen LogP contribution in [-0.4, -0.2) is 33.7 Å². The standard InChI is InChI=1S/C13H18O4S/c1-12(2)11(13(12,16-3)17-4)18(14,15)10-8-6-5-7-9-10/h5-9,11H,1-4H3. The van der Waals surface area contributed by atoms with Crippen molar-refractivity contribution in [2.45, 2.75) is 29.8 Å². The topological polar surface area (TPSA) is 52.6 Å². The first kappa shape index (κ1) is 13.5. The van der Waals surface area contributed by atoms with Crippen molar-refractivity contribution >= 4 is 9.84 Å². The molecule has 1 aliphatic rings. The van der Waals surface area contributed by atoms with E-state index in [9.17, 15) is 8.42 Å². The Morgan fingerprint density at radius 1 is 1.06 bits per heavy atom. The number of benzene rings is 1. The molecule has 1 unspecified atom stereocenters. The minimum Gasteiger partial charge on any atom is -0.351 e. The number of methoxy groups -OCH3 is 2. The van der Waals surface area contributed by atoms with Gasteiger partial charge < -0.3 is 9.47 Å². The summed E-state index contributed by atoms with van der Waals surface area (Å²) >= 11 is 0. The predicted octanol–water partition coefficient (Wildman–Crippen LogP) is 1.86. The monoisotopic (exact) mass is 270 g/mol. The van der Waals surface area contributed by atoms with Gasteiger partial charge in [0.25, 0.3) is 0 Å². The summed E-state index contributed by atoms with van der Waals surface area (Å²) in [5, 5.41) is -0.685. The Bertz CT molecular complexity index is 529. The molecule has 1 atom stereocenters. The van der Waals surface area contributed by atoms with Crippen LogP contribution in [0, 0.1) is 5.41 Å². The molecule has 1 aromatic carbocycles. The second kappa shape index (κ2) is 4.05. The Morgan fingerprint density at radius 3 is 1.94 bits per heavy atom. The Hall–Kier alpha value is -0.910. The van der Waals surface area contributed by atoms with Crippen LogP contribution in [-0.2, 0) is 19.3 Å². The van der Waals surface area contributed by atoms with Crippen molar-refractivity contribution in [3.8, 4) is 0 Å². The molecule has 0 spiro atoms. The van der Waals surface area contributed by atoms with Gasteiger partial charge in [0.05, 0.1) is 4.90 Å². The molecular weight excluding hydrogens is 252 g/mol. The van der Waals surface area contributed by atoms with E-state index in [1.165, 1.54) is 14.2 Å². The minimum absolute atomic E-state index is 0.305. The summed E-state index contributed by atoms with van der Waals surface area (Å²) in [6.07, 6.45) is 0. The first-order chi connectivity index (χ1) is 8.34. The largest absolute Gasteiger partial charge is 0.351 e. The van der Waals surface area contributed by atoms with Crippen LogP contribution in [0.2, 0.25) is 0 Å². The van der Waals surface area contributed by atoms with Gasteiger partial charge in [0, 0.05) is 19.6 Å². The Kier molecular flexibility index (Phi) is 3.04. The van der Waals surface area contributed by atoms with Crippen LogP contribution in [0.15, 0.2) is 35.2 Å². The molecule has 18 heavy (non-hydrogen) atoms. The van der Waals surface area contributed by atoms with Crippen molar-refractivity contribution in [1.29, 1.82) is 0 Å². The third-order valence-corrected chi connectivity index (χ3v) is 6.25. The zero-order valence-electron chi connectivity index (χ0n) is 11.0. The lowest BCUT2D eigenvalue weighted by molar-refractivity contribution is -0.151. The molecule has 0 aliphatic heterocycles. The summed E-state index contributed by atoms with van der Waals surface area (Å²) in [5.41, 5.74) is -0.564. The smallest absolute Gasteiger partial charge is 0.192 e. The van der Waals surface area contributed by atoms with E-state index in [2.05, 4.69) is 0 Å². The first-order valence-electron chi connectivity index (χ1n) is 5.74. The zero-order valence-corrected chi connectivity index (χ0v) is 11.8. The van der Waals surface area contributed by atoms with E-state index in [1.54, 1.807) is 30.3 Å². The van der Waals surface area contributed by atoms with Crippen LogP contribution in [0.25, 0.3) is 0 Å². The normalized spacial score (nSPS) is 24.8. The highest BCUT2D eigenvalue weighted by molar-refractivity contribution is 7.92. The maximum atomic E-state index is 12.6. The van der Waals surface area contributed by atoms with Gasteiger partial charge >= 0.3 is 0 Å².